The van der Waals surface area contributed by atoms with Crippen LogP contribution in [0.4, 0.5) is 8.78 Å². The molecule has 2 fully saturated rings. The van der Waals surface area contributed by atoms with Crippen LogP contribution >= 0.6 is 0 Å². The predicted octanol–water partition coefficient (Wildman–Crippen LogP) is 4.32. The van der Waals surface area contributed by atoms with Crippen LogP contribution in [0, 0.1) is 17.8 Å². The summed E-state index contributed by atoms with van der Waals surface area (Å²) in [4.78, 5) is 11.1. The zero-order valence-corrected chi connectivity index (χ0v) is 17.1. The Morgan fingerprint density at radius 2 is 2.14 bits per heavy atom. The quantitative estimate of drug-likeness (QED) is 0.438. The number of allylic oxidation sites excluding steroid dienone is 2. The van der Waals surface area contributed by atoms with Crippen molar-refractivity contribution in [2.75, 3.05) is 7.11 Å². The summed E-state index contributed by atoms with van der Waals surface area (Å²) in [5.74, 6) is -0.452. The van der Waals surface area contributed by atoms with Gasteiger partial charge in [-0.2, -0.15) is 0 Å². The highest BCUT2D eigenvalue weighted by Gasteiger charge is 2.53. The maximum Gasteiger partial charge on any atom is 0.305 e. The zero-order valence-electron chi connectivity index (χ0n) is 17.1. The molecule has 1 saturated heterocycles. The fourth-order valence-corrected chi connectivity index (χ4v) is 4.30. The maximum atomic E-state index is 15.0. The molecule has 1 aliphatic heterocycles. The summed E-state index contributed by atoms with van der Waals surface area (Å²) in [5, 5.41) is 10.0. The van der Waals surface area contributed by atoms with Crippen molar-refractivity contribution in [3.63, 3.8) is 0 Å². The first-order valence-electron chi connectivity index (χ1n) is 10.4. The third-order valence-electron chi connectivity index (χ3n) is 5.95. The molecule has 0 aromatic rings. The first kappa shape index (κ1) is 23.0. The topological polar surface area (TPSA) is 55.8 Å². The Hall–Kier alpha value is -1.27. The van der Waals surface area contributed by atoms with Crippen LogP contribution < -0.4 is 0 Å². The lowest BCUT2D eigenvalue weighted by Crippen LogP contribution is -2.27. The number of alkyl halides is 2. The lowest BCUT2D eigenvalue weighted by atomic mass is 9.85. The highest BCUT2D eigenvalue weighted by molar-refractivity contribution is 5.69. The molecule has 0 aromatic heterocycles. The van der Waals surface area contributed by atoms with E-state index in [2.05, 4.69) is 4.74 Å². The van der Waals surface area contributed by atoms with Crippen molar-refractivity contribution in [3.05, 3.63) is 24.3 Å². The zero-order chi connectivity index (χ0) is 20.7. The van der Waals surface area contributed by atoms with E-state index in [1.807, 2.05) is 13.8 Å². The van der Waals surface area contributed by atoms with Crippen molar-refractivity contribution in [3.8, 4) is 0 Å². The molecule has 2 rings (SSSR count). The summed E-state index contributed by atoms with van der Waals surface area (Å²) < 4.78 is 39.5. The molecule has 1 saturated carbocycles. The molecule has 0 amide bonds. The van der Waals surface area contributed by atoms with Gasteiger partial charge in [-0.15, -0.1) is 0 Å². The van der Waals surface area contributed by atoms with Crippen LogP contribution in [0.15, 0.2) is 24.3 Å². The Bertz CT molecular complexity index is 551. The van der Waals surface area contributed by atoms with Gasteiger partial charge in [0.25, 0.3) is 0 Å². The molecule has 0 spiro atoms. The molecule has 0 aromatic carbocycles. The highest BCUT2D eigenvalue weighted by atomic mass is 19.1. The number of carbonyl (C=O) groups is 1. The Morgan fingerprint density at radius 1 is 1.39 bits per heavy atom. The van der Waals surface area contributed by atoms with Crippen LogP contribution in [0.2, 0.25) is 0 Å². The average Bonchev–Trinajstić information content (AvgIpc) is 3.15. The van der Waals surface area contributed by atoms with Gasteiger partial charge >= 0.3 is 5.97 Å². The van der Waals surface area contributed by atoms with E-state index in [4.69, 9.17) is 4.74 Å². The lowest BCUT2D eigenvalue weighted by Gasteiger charge is -2.21. The number of halogens is 2. The summed E-state index contributed by atoms with van der Waals surface area (Å²) >= 11 is 0. The second kappa shape index (κ2) is 11.1. The highest BCUT2D eigenvalue weighted by Crippen LogP contribution is 2.48. The fourth-order valence-electron chi connectivity index (χ4n) is 4.30. The van der Waals surface area contributed by atoms with Crippen LogP contribution in [0.3, 0.4) is 0 Å². The van der Waals surface area contributed by atoms with Gasteiger partial charge in [0.2, 0.25) is 0 Å². The molecule has 0 radical (unpaired) electrons. The second-order valence-corrected chi connectivity index (χ2v) is 8.03. The van der Waals surface area contributed by atoms with Crippen LogP contribution in [-0.2, 0) is 14.3 Å². The van der Waals surface area contributed by atoms with Gasteiger partial charge in [0.05, 0.1) is 13.2 Å². The van der Waals surface area contributed by atoms with Crippen LogP contribution in [-0.4, -0.2) is 48.8 Å². The molecule has 4 nitrogen and oxygen atoms in total. The molecule has 0 bridgehead atoms. The second-order valence-electron chi connectivity index (χ2n) is 8.03. The summed E-state index contributed by atoms with van der Waals surface area (Å²) in [6.07, 6.45) is 5.79. The maximum absolute atomic E-state index is 15.0. The molecule has 6 heteroatoms. The van der Waals surface area contributed by atoms with Gasteiger partial charge in [0.15, 0.2) is 0 Å². The van der Waals surface area contributed by atoms with Gasteiger partial charge < -0.3 is 14.6 Å². The lowest BCUT2D eigenvalue weighted by molar-refractivity contribution is -0.140. The van der Waals surface area contributed by atoms with E-state index in [0.29, 0.717) is 12.8 Å². The Morgan fingerprint density at radius 3 is 2.82 bits per heavy atom. The van der Waals surface area contributed by atoms with E-state index >= 15 is 4.39 Å². The summed E-state index contributed by atoms with van der Waals surface area (Å²) in [5.41, 5.74) is 0. The van der Waals surface area contributed by atoms with Crippen LogP contribution in [0.1, 0.15) is 52.4 Å². The Labute approximate surface area is 167 Å². The summed E-state index contributed by atoms with van der Waals surface area (Å²) in [6.45, 7) is 4.03. The smallest absolute Gasteiger partial charge is 0.305 e. The first-order chi connectivity index (χ1) is 13.4. The fraction of sp³-hybridized carbons (Fsp3) is 0.773. The third kappa shape index (κ3) is 5.86. The molecule has 28 heavy (non-hydrogen) atoms. The van der Waals surface area contributed by atoms with Gasteiger partial charge in [-0.25, -0.2) is 8.78 Å². The molecular weight excluding hydrogens is 366 g/mol. The van der Waals surface area contributed by atoms with Crippen LogP contribution in [0.5, 0.6) is 0 Å². The minimum atomic E-state index is -1.28. The molecule has 1 unspecified atom stereocenters. The van der Waals surface area contributed by atoms with Gasteiger partial charge in [0, 0.05) is 12.3 Å². The number of aliphatic hydroxyl groups excluding tert-OH is 1. The molecule has 160 valence electrons. The van der Waals surface area contributed by atoms with Crippen molar-refractivity contribution >= 4 is 5.97 Å². The predicted molar refractivity (Wildman–Crippen MR) is 104 cm³/mol. The monoisotopic (exact) mass is 400 g/mol. The molecule has 1 N–H and O–H groups in total. The summed E-state index contributed by atoms with van der Waals surface area (Å²) in [6, 6.07) is 0. The van der Waals surface area contributed by atoms with Crippen LogP contribution in [0.25, 0.3) is 0 Å². The third-order valence-corrected chi connectivity index (χ3v) is 5.95. The number of methoxy groups -OCH3 is 1. The molecular formula is C22H34F2O4. The minimum absolute atomic E-state index is 0.0819. The largest absolute Gasteiger partial charge is 0.469 e. The van der Waals surface area contributed by atoms with Gasteiger partial charge in [-0.3, -0.25) is 4.79 Å². The van der Waals surface area contributed by atoms with Gasteiger partial charge in [-0.1, -0.05) is 51.0 Å². The van der Waals surface area contributed by atoms with Crippen molar-refractivity contribution in [1.82, 2.24) is 0 Å². The van der Waals surface area contributed by atoms with Crippen molar-refractivity contribution in [2.24, 2.45) is 17.8 Å². The van der Waals surface area contributed by atoms with Crippen molar-refractivity contribution in [1.29, 1.82) is 0 Å². The molecule has 1 heterocycles. The number of unbranched alkanes of at least 4 members (excludes halogenated alkanes) is 1. The number of rotatable bonds is 10. The van der Waals surface area contributed by atoms with E-state index < -0.39 is 24.6 Å². The van der Waals surface area contributed by atoms with E-state index in [9.17, 15) is 14.3 Å². The average molecular weight is 401 g/mol. The van der Waals surface area contributed by atoms with E-state index in [1.165, 1.54) is 13.2 Å². The number of ether oxygens (including phenoxy) is 2. The number of fused-ring (bicyclic) bond motifs is 1. The van der Waals surface area contributed by atoms with E-state index in [0.717, 1.165) is 19.3 Å². The van der Waals surface area contributed by atoms with Gasteiger partial charge in [-0.05, 0) is 31.1 Å². The number of esters is 1. The summed E-state index contributed by atoms with van der Waals surface area (Å²) in [7, 11) is 1.34. The van der Waals surface area contributed by atoms with E-state index in [-0.39, 0.29) is 36.2 Å². The number of hydrogen-bond donors (Lipinski definition) is 1. The first-order valence-corrected chi connectivity index (χ1v) is 10.4. The molecule has 2 aliphatic rings. The SMILES string of the molecule is CCCCC(F)[C@H](O)C=C[C@@H]1[C@H]2[C@H](F)[C@@H](C=CCCC(=O)OC)O[C@@H]2C[C@H]1C. The minimum Gasteiger partial charge on any atom is -0.469 e. The number of hydrogen-bond acceptors (Lipinski definition) is 4. The molecule has 1 aliphatic carbocycles. The van der Waals surface area contributed by atoms with Crippen molar-refractivity contribution < 1.29 is 28.2 Å². The number of aliphatic hydroxyl groups is 1. The standard InChI is InChI=1S/C22H34F2O4/c1-4-5-8-16(23)17(25)12-11-15-14(2)13-19-21(15)22(24)18(28-19)9-6-7-10-20(26)27-3/h6,9,11-12,14-19,21-22,25H,4-5,7-8,10,13H2,1-3H3/t14-,15+,16?,17-,18-,19-,21-,22-/m1/s1. The molecule has 8 atom stereocenters. The Kier molecular flexibility index (Phi) is 9.09. The van der Waals surface area contributed by atoms with Crippen molar-refractivity contribution in [2.45, 2.75) is 83.0 Å². The van der Waals surface area contributed by atoms with E-state index in [1.54, 1.807) is 18.2 Å². The Balaban J connectivity index is 1.93. The normalized spacial score (nSPS) is 34.8. The number of carbonyl (C=O) groups excluding carboxylic acids is 1. The van der Waals surface area contributed by atoms with Gasteiger partial charge in [0.1, 0.15) is 24.6 Å².